The summed E-state index contributed by atoms with van der Waals surface area (Å²) in [6.45, 7) is -0.431. The van der Waals surface area contributed by atoms with Gasteiger partial charge in [-0.25, -0.2) is 9.78 Å². The lowest BCUT2D eigenvalue weighted by Crippen LogP contribution is -2.20. The van der Waals surface area contributed by atoms with Crippen molar-refractivity contribution in [3.05, 3.63) is 63.5 Å². The monoisotopic (exact) mass is 421 g/mol. The van der Waals surface area contributed by atoms with E-state index in [-0.39, 0.29) is 0 Å². The van der Waals surface area contributed by atoms with Gasteiger partial charge in [0.15, 0.2) is 11.7 Å². The third-order valence-corrected chi connectivity index (χ3v) is 4.74. The molecule has 0 spiro atoms. The molecule has 1 amide bonds. The molecule has 0 aliphatic heterocycles. The number of rotatable bonds is 5. The second-order valence-corrected chi connectivity index (χ2v) is 7.11. The number of thiazole rings is 1. The first-order chi connectivity index (χ1) is 12.9. The van der Waals surface area contributed by atoms with Crippen LogP contribution in [0.3, 0.4) is 0 Å². The van der Waals surface area contributed by atoms with E-state index in [9.17, 15) is 9.59 Å². The Labute approximate surface area is 168 Å². The minimum absolute atomic E-state index is 0.311. The largest absolute Gasteiger partial charge is 0.452 e. The van der Waals surface area contributed by atoms with Gasteiger partial charge in [0, 0.05) is 21.7 Å². The lowest BCUT2D eigenvalue weighted by Gasteiger charge is -2.05. The Morgan fingerprint density at radius 2 is 1.89 bits per heavy atom. The third kappa shape index (κ3) is 4.97. The Kier molecular flexibility index (Phi) is 5.95. The summed E-state index contributed by atoms with van der Waals surface area (Å²) < 4.78 is 4.97. The molecule has 0 unspecified atom stereocenters. The van der Waals surface area contributed by atoms with Crippen LogP contribution < -0.4 is 11.1 Å². The van der Waals surface area contributed by atoms with Crippen LogP contribution in [0.4, 0.5) is 10.8 Å². The van der Waals surface area contributed by atoms with Crippen LogP contribution in [0.2, 0.25) is 10.0 Å². The van der Waals surface area contributed by atoms with Crippen molar-refractivity contribution in [2.75, 3.05) is 17.7 Å². The maximum Gasteiger partial charge on any atom is 0.338 e. The summed E-state index contributed by atoms with van der Waals surface area (Å²) in [5.74, 6) is -1.11. The quantitative estimate of drug-likeness (QED) is 0.467. The number of carbonyl (C=O) groups excluding carboxylic acids is 2. The molecule has 2 aromatic carbocycles. The number of halogens is 2. The molecule has 0 bridgehead atoms. The maximum absolute atomic E-state index is 12.0. The second-order valence-electron chi connectivity index (χ2n) is 5.41. The van der Waals surface area contributed by atoms with Gasteiger partial charge in [0.05, 0.1) is 16.3 Å². The summed E-state index contributed by atoms with van der Waals surface area (Å²) in [4.78, 5) is 28.2. The van der Waals surface area contributed by atoms with Gasteiger partial charge in [-0.2, -0.15) is 0 Å². The number of anilines is 2. The fourth-order valence-electron chi connectivity index (χ4n) is 2.14. The van der Waals surface area contributed by atoms with Gasteiger partial charge < -0.3 is 10.5 Å². The van der Waals surface area contributed by atoms with E-state index in [2.05, 4.69) is 10.3 Å². The van der Waals surface area contributed by atoms with Gasteiger partial charge in [0.2, 0.25) is 0 Å². The highest BCUT2D eigenvalue weighted by Gasteiger charge is 2.13. The van der Waals surface area contributed by atoms with E-state index >= 15 is 0 Å². The predicted octanol–water partition coefficient (Wildman–Crippen LogP) is 4.49. The standard InChI is InChI=1S/C18H13Cl2N3O3S/c19-11-3-6-13(14(20)7-11)15-9-27-18(22-15)23-16(24)8-26-17(25)10-1-4-12(21)5-2-10/h1-7,9H,8,21H2,(H,22,23,24). The van der Waals surface area contributed by atoms with Crippen molar-refractivity contribution in [1.82, 2.24) is 4.98 Å². The molecular weight excluding hydrogens is 409 g/mol. The molecule has 1 heterocycles. The number of amides is 1. The molecule has 0 fully saturated rings. The van der Waals surface area contributed by atoms with Crippen molar-refractivity contribution in [2.45, 2.75) is 0 Å². The van der Waals surface area contributed by atoms with Gasteiger partial charge in [-0.05, 0) is 42.5 Å². The fourth-order valence-corrected chi connectivity index (χ4v) is 3.37. The highest BCUT2D eigenvalue weighted by atomic mass is 35.5. The molecule has 27 heavy (non-hydrogen) atoms. The first kappa shape index (κ1) is 19.2. The summed E-state index contributed by atoms with van der Waals surface area (Å²) in [7, 11) is 0. The van der Waals surface area contributed by atoms with E-state index < -0.39 is 18.5 Å². The molecule has 6 nitrogen and oxygen atoms in total. The summed E-state index contributed by atoms with van der Waals surface area (Å²) in [5.41, 5.74) is 7.71. The number of aromatic nitrogens is 1. The van der Waals surface area contributed by atoms with Crippen LogP contribution in [0.5, 0.6) is 0 Å². The number of nitrogen functional groups attached to an aromatic ring is 1. The van der Waals surface area contributed by atoms with E-state index in [0.717, 1.165) is 0 Å². The molecule has 1 aromatic heterocycles. The topological polar surface area (TPSA) is 94.3 Å². The molecule has 9 heteroatoms. The smallest absolute Gasteiger partial charge is 0.338 e. The number of benzene rings is 2. The molecule has 138 valence electrons. The van der Waals surface area contributed by atoms with E-state index in [0.29, 0.717) is 37.7 Å². The minimum Gasteiger partial charge on any atom is -0.452 e. The van der Waals surface area contributed by atoms with Gasteiger partial charge in [-0.3, -0.25) is 10.1 Å². The van der Waals surface area contributed by atoms with E-state index in [1.54, 1.807) is 35.7 Å². The van der Waals surface area contributed by atoms with Crippen molar-refractivity contribution < 1.29 is 14.3 Å². The molecule has 0 atom stereocenters. The highest BCUT2D eigenvalue weighted by molar-refractivity contribution is 7.14. The number of esters is 1. The van der Waals surface area contributed by atoms with Crippen molar-refractivity contribution in [3.8, 4) is 11.3 Å². The normalized spacial score (nSPS) is 10.4. The summed E-state index contributed by atoms with van der Waals surface area (Å²) in [5, 5.41) is 5.69. The molecule has 0 saturated heterocycles. The van der Waals surface area contributed by atoms with Crippen LogP contribution in [-0.4, -0.2) is 23.5 Å². The highest BCUT2D eigenvalue weighted by Crippen LogP contribution is 2.32. The van der Waals surface area contributed by atoms with Crippen molar-refractivity contribution in [2.24, 2.45) is 0 Å². The molecule has 0 aliphatic rings. The minimum atomic E-state index is -0.613. The Hall–Kier alpha value is -2.61. The molecule has 0 saturated carbocycles. The zero-order chi connectivity index (χ0) is 19.4. The number of nitrogens with zero attached hydrogens (tertiary/aromatic N) is 1. The number of hydrogen-bond acceptors (Lipinski definition) is 6. The van der Waals surface area contributed by atoms with E-state index in [1.807, 2.05) is 0 Å². The molecule has 0 radical (unpaired) electrons. The van der Waals surface area contributed by atoms with E-state index in [4.69, 9.17) is 33.7 Å². The Morgan fingerprint density at radius 1 is 1.15 bits per heavy atom. The number of hydrogen-bond donors (Lipinski definition) is 2. The van der Waals surface area contributed by atoms with Crippen LogP contribution >= 0.6 is 34.5 Å². The van der Waals surface area contributed by atoms with Gasteiger partial charge in [0.1, 0.15) is 0 Å². The lowest BCUT2D eigenvalue weighted by atomic mass is 10.2. The zero-order valence-corrected chi connectivity index (χ0v) is 16.1. The van der Waals surface area contributed by atoms with Gasteiger partial charge >= 0.3 is 5.97 Å². The van der Waals surface area contributed by atoms with Crippen molar-refractivity contribution in [3.63, 3.8) is 0 Å². The van der Waals surface area contributed by atoms with Crippen LogP contribution in [-0.2, 0) is 9.53 Å². The molecular formula is C18H13Cl2N3O3S. The lowest BCUT2D eigenvalue weighted by molar-refractivity contribution is -0.119. The number of ether oxygens (including phenoxy) is 1. The Balaban J connectivity index is 1.58. The van der Waals surface area contributed by atoms with Gasteiger partial charge in [-0.1, -0.05) is 23.2 Å². The number of carbonyl (C=O) groups is 2. The Bertz CT molecular complexity index is 990. The van der Waals surface area contributed by atoms with Crippen LogP contribution in [0.1, 0.15) is 10.4 Å². The Morgan fingerprint density at radius 3 is 2.59 bits per heavy atom. The summed E-state index contributed by atoms with van der Waals surface area (Å²) in [6, 6.07) is 11.3. The fraction of sp³-hybridized carbons (Fsp3) is 0.0556. The predicted molar refractivity (Wildman–Crippen MR) is 107 cm³/mol. The maximum atomic E-state index is 12.0. The average molecular weight is 422 g/mol. The van der Waals surface area contributed by atoms with Crippen LogP contribution in [0, 0.1) is 0 Å². The molecule has 3 rings (SSSR count). The second kappa shape index (κ2) is 8.39. The summed E-state index contributed by atoms with van der Waals surface area (Å²) in [6.07, 6.45) is 0. The average Bonchev–Trinajstić information content (AvgIpc) is 3.08. The zero-order valence-electron chi connectivity index (χ0n) is 13.7. The van der Waals surface area contributed by atoms with Crippen molar-refractivity contribution in [1.29, 1.82) is 0 Å². The van der Waals surface area contributed by atoms with Gasteiger partial charge in [-0.15, -0.1) is 11.3 Å². The number of nitrogens with one attached hydrogen (secondary N) is 1. The summed E-state index contributed by atoms with van der Waals surface area (Å²) >= 11 is 13.3. The van der Waals surface area contributed by atoms with E-state index in [1.165, 1.54) is 23.5 Å². The van der Waals surface area contributed by atoms with Crippen LogP contribution in [0.25, 0.3) is 11.3 Å². The first-order valence-corrected chi connectivity index (χ1v) is 9.29. The third-order valence-electron chi connectivity index (χ3n) is 3.44. The first-order valence-electron chi connectivity index (χ1n) is 7.66. The molecule has 0 aliphatic carbocycles. The van der Waals surface area contributed by atoms with Crippen molar-refractivity contribution >= 4 is 57.2 Å². The SMILES string of the molecule is Nc1ccc(C(=O)OCC(=O)Nc2nc(-c3ccc(Cl)cc3Cl)cs2)cc1. The van der Waals surface area contributed by atoms with Gasteiger partial charge in [0.25, 0.3) is 5.91 Å². The number of nitrogens with two attached hydrogens (primary N) is 1. The molecule has 3 aromatic rings. The van der Waals surface area contributed by atoms with Crippen LogP contribution in [0.15, 0.2) is 47.8 Å². The molecule has 3 N–H and O–H groups in total.